The van der Waals surface area contributed by atoms with E-state index in [1.807, 2.05) is 30.9 Å². The average Bonchev–Trinajstić information content (AvgIpc) is 3.41. The quantitative estimate of drug-likeness (QED) is 0.658. The number of carbonyl (C=O) groups is 2. The molecule has 2 amide bonds. The largest absolute Gasteiger partial charge is 0.497 e. The maximum Gasteiger partial charge on any atom is 0.254 e. The fraction of sp³-hybridized carbons (Fsp3) is 0.391. The highest BCUT2D eigenvalue weighted by Gasteiger charge is 2.27. The zero-order valence-corrected chi connectivity index (χ0v) is 18.1. The van der Waals surface area contributed by atoms with Crippen LogP contribution in [0.2, 0.25) is 0 Å². The normalized spacial score (nSPS) is 16.1. The van der Waals surface area contributed by atoms with E-state index >= 15 is 0 Å². The zero-order valence-electron chi connectivity index (χ0n) is 18.1. The van der Waals surface area contributed by atoms with Gasteiger partial charge in [-0.25, -0.2) is 9.50 Å². The average molecular weight is 422 g/mol. The Labute approximate surface area is 181 Å². The molecule has 3 aromatic rings. The van der Waals surface area contributed by atoms with Crippen molar-refractivity contribution in [3.63, 3.8) is 0 Å². The Hall–Kier alpha value is -3.42. The molecular formula is C23H27N5O3. The van der Waals surface area contributed by atoms with Crippen LogP contribution in [0, 0.1) is 13.8 Å². The molecule has 0 saturated carbocycles. The van der Waals surface area contributed by atoms with Gasteiger partial charge in [0.05, 0.1) is 13.3 Å². The maximum atomic E-state index is 12.9. The molecule has 3 heterocycles. The van der Waals surface area contributed by atoms with E-state index in [2.05, 4.69) is 22.2 Å². The topological polar surface area (TPSA) is 103 Å². The Morgan fingerprint density at radius 3 is 2.65 bits per heavy atom. The molecule has 2 N–H and O–H groups in total. The number of primary amides is 1. The second-order valence-electron chi connectivity index (χ2n) is 8.02. The fourth-order valence-corrected chi connectivity index (χ4v) is 4.37. The van der Waals surface area contributed by atoms with Crippen LogP contribution in [0.3, 0.4) is 0 Å². The Morgan fingerprint density at radius 1 is 1.23 bits per heavy atom. The van der Waals surface area contributed by atoms with Crippen molar-refractivity contribution in [3.8, 4) is 5.75 Å². The van der Waals surface area contributed by atoms with Gasteiger partial charge >= 0.3 is 0 Å². The van der Waals surface area contributed by atoms with Crippen molar-refractivity contribution in [2.45, 2.75) is 39.0 Å². The Balaban J connectivity index is 1.43. The Morgan fingerprint density at radius 2 is 1.97 bits per heavy atom. The molecule has 1 saturated heterocycles. The second kappa shape index (κ2) is 8.37. The summed E-state index contributed by atoms with van der Waals surface area (Å²) >= 11 is 0. The molecule has 31 heavy (non-hydrogen) atoms. The summed E-state index contributed by atoms with van der Waals surface area (Å²) in [5, 5.41) is 4.25. The van der Waals surface area contributed by atoms with Gasteiger partial charge in [-0.1, -0.05) is 12.1 Å². The molecule has 1 aliphatic rings. The van der Waals surface area contributed by atoms with Crippen LogP contribution < -0.4 is 10.5 Å². The molecule has 8 nitrogen and oxygen atoms in total. The van der Waals surface area contributed by atoms with Gasteiger partial charge in [-0.2, -0.15) is 5.10 Å². The lowest BCUT2D eigenvalue weighted by atomic mass is 9.98. The molecule has 1 atom stereocenters. The molecule has 1 fully saturated rings. The highest BCUT2D eigenvalue weighted by atomic mass is 16.5. The smallest absolute Gasteiger partial charge is 0.254 e. The minimum Gasteiger partial charge on any atom is -0.497 e. The number of fused-ring (bicyclic) bond motifs is 1. The van der Waals surface area contributed by atoms with E-state index in [9.17, 15) is 9.59 Å². The predicted molar refractivity (Wildman–Crippen MR) is 116 cm³/mol. The molecule has 4 rings (SSSR count). The molecule has 0 radical (unpaired) electrons. The minimum atomic E-state index is -0.551. The van der Waals surface area contributed by atoms with Crippen molar-refractivity contribution in [1.82, 2.24) is 19.5 Å². The molecule has 0 spiro atoms. The maximum absolute atomic E-state index is 12.9. The van der Waals surface area contributed by atoms with Crippen LogP contribution in [0.5, 0.6) is 5.75 Å². The Bertz CT molecular complexity index is 1140. The van der Waals surface area contributed by atoms with Gasteiger partial charge in [-0.05, 0) is 49.9 Å². The molecule has 162 valence electrons. The first kappa shape index (κ1) is 20.8. The number of rotatable bonds is 6. The summed E-state index contributed by atoms with van der Waals surface area (Å²) in [5.41, 5.74) is 10.0. The summed E-state index contributed by atoms with van der Waals surface area (Å²) in [4.78, 5) is 30.9. The number of aryl methyl sites for hydroxylation is 2. The third-order valence-electron chi connectivity index (χ3n) is 6.19. The van der Waals surface area contributed by atoms with Gasteiger partial charge in [-0.15, -0.1) is 0 Å². The van der Waals surface area contributed by atoms with Gasteiger partial charge in [0.2, 0.25) is 5.91 Å². The number of hydrogen-bond donors (Lipinski definition) is 1. The van der Waals surface area contributed by atoms with Gasteiger partial charge in [0.25, 0.3) is 5.91 Å². The van der Waals surface area contributed by atoms with Gasteiger partial charge in [0.1, 0.15) is 11.3 Å². The van der Waals surface area contributed by atoms with Crippen LogP contribution >= 0.6 is 0 Å². The highest BCUT2D eigenvalue weighted by Crippen LogP contribution is 2.29. The monoisotopic (exact) mass is 421 g/mol. The van der Waals surface area contributed by atoms with Crippen molar-refractivity contribution in [2.24, 2.45) is 5.73 Å². The lowest BCUT2D eigenvalue weighted by Crippen LogP contribution is -2.28. The van der Waals surface area contributed by atoms with Gasteiger partial charge < -0.3 is 15.4 Å². The first-order chi connectivity index (χ1) is 14.9. The summed E-state index contributed by atoms with van der Waals surface area (Å²) in [6.07, 6.45) is 3.39. The summed E-state index contributed by atoms with van der Waals surface area (Å²) in [6.45, 7) is 5.32. The van der Waals surface area contributed by atoms with E-state index < -0.39 is 5.91 Å². The zero-order chi connectivity index (χ0) is 22.1. The third kappa shape index (κ3) is 3.97. The minimum absolute atomic E-state index is 0.146. The summed E-state index contributed by atoms with van der Waals surface area (Å²) in [6, 6.07) is 8.09. The molecule has 1 aromatic carbocycles. The highest BCUT2D eigenvalue weighted by molar-refractivity contribution is 5.98. The molecule has 8 heteroatoms. The van der Waals surface area contributed by atoms with Crippen LogP contribution in [0.25, 0.3) is 5.65 Å². The van der Waals surface area contributed by atoms with Gasteiger partial charge in [-0.3, -0.25) is 9.59 Å². The van der Waals surface area contributed by atoms with E-state index in [-0.39, 0.29) is 5.91 Å². The van der Waals surface area contributed by atoms with Gasteiger partial charge in [0.15, 0.2) is 5.65 Å². The lowest BCUT2D eigenvalue weighted by molar-refractivity contribution is -0.130. The van der Waals surface area contributed by atoms with E-state index in [0.29, 0.717) is 30.0 Å². The van der Waals surface area contributed by atoms with Crippen LogP contribution in [-0.4, -0.2) is 51.5 Å². The van der Waals surface area contributed by atoms with Crippen LogP contribution in [0.4, 0.5) is 0 Å². The number of nitrogens with zero attached hydrogens (tertiary/aromatic N) is 4. The number of nitrogens with two attached hydrogens (primary N) is 1. The molecule has 1 aliphatic heterocycles. The van der Waals surface area contributed by atoms with Crippen molar-refractivity contribution >= 4 is 17.5 Å². The number of aromatic nitrogens is 3. The first-order valence-corrected chi connectivity index (χ1v) is 10.4. The fourth-order valence-electron chi connectivity index (χ4n) is 4.37. The number of amides is 2. The molecule has 0 bridgehead atoms. The Kier molecular flexibility index (Phi) is 5.63. The number of likely N-dealkylation sites (tertiary alicyclic amines) is 1. The molecule has 2 aromatic heterocycles. The van der Waals surface area contributed by atoms with E-state index in [0.717, 1.165) is 42.2 Å². The van der Waals surface area contributed by atoms with Gasteiger partial charge in [0, 0.05) is 36.8 Å². The second-order valence-corrected chi connectivity index (χ2v) is 8.02. The number of carbonyl (C=O) groups excluding carboxylic acids is 2. The first-order valence-electron chi connectivity index (χ1n) is 10.4. The molecule has 0 aliphatic carbocycles. The standard InChI is InChI=1S/C23H27N5O3/c1-14-19(15(2)28-23(26-14)20(12-25-28)22(24)30)8-9-21(29)27-11-10-17(13-27)16-4-6-18(31-3)7-5-16/h4-7,12,17H,8-11,13H2,1-3H3,(H2,24,30). The summed E-state index contributed by atoms with van der Waals surface area (Å²) < 4.78 is 6.85. The molecular weight excluding hydrogens is 394 g/mol. The summed E-state index contributed by atoms with van der Waals surface area (Å²) in [5.74, 6) is 0.789. The number of methoxy groups -OCH3 is 1. The van der Waals surface area contributed by atoms with Crippen molar-refractivity contribution in [3.05, 3.63) is 58.5 Å². The van der Waals surface area contributed by atoms with Crippen LogP contribution in [0.15, 0.2) is 30.5 Å². The summed E-state index contributed by atoms with van der Waals surface area (Å²) in [7, 11) is 1.66. The van der Waals surface area contributed by atoms with Crippen molar-refractivity contribution in [1.29, 1.82) is 0 Å². The number of ether oxygens (including phenoxy) is 1. The van der Waals surface area contributed by atoms with Crippen molar-refractivity contribution < 1.29 is 14.3 Å². The van der Waals surface area contributed by atoms with E-state index in [1.165, 1.54) is 11.8 Å². The lowest BCUT2D eigenvalue weighted by Gasteiger charge is -2.18. The number of benzene rings is 1. The molecule has 1 unspecified atom stereocenters. The SMILES string of the molecule is COc1ccc(C2CCN(C(=O)CCc3c(C)nc4c(C(N)=O)cnn4c3C)C2)cc1. The number of hydrogen-bond acceptors (Lipinski definition) is 5. The van der Waals surface area contributed by atoms with Crippen LogP contribution in [0.1, 0.15) is 51.6 Å². The van der Waals surface area contributed by atoms with E-state index in [4.69, 9.17) is 10.5 Å². The van der Waals surface area contributed by atoms with Crippen LogP contribution in [-0.2, 0) is 11.2 Å². The van der Waals surface area contributed by atoms with Crippen molar-refractivity contribution in [2.75, 3.05) is 20.2 Å². The predicted octanol–water partition coefficient (Wildman–Crippen LogP) is 2.40. The van der Waals surface area contributed by atoms with E-state index in [1.54, 1.807) is 11.6 Å². The third-order valence-corrected chi connectivity index (χ3v) is 6.19.